The van der Waals surface area contributed by atoms with E-state index >= 15 is 0 Å². The lowest BCUT2D eigenvalue weighted by atomic mass is 10.0. The van der Waals surface area contributed by atoms with Gasteiger partial charge < -0.3 is 9.32 Å². The Balaban J connectivity index is 1.81. The molecule has 1 aromatic rings. The molecule has 1 amide bonds. The molecule has 1 unspecified atom stereocenters. The van der Waals surface area contributed by atoms with Crippen molar-refractivity contribution in [3.8, 4) is 0 Å². The smallest absolute Gasteiger partial charge is 0.236 e. The fourth-order valence-corrected chi connectivity index (χ4v) is 2.64. The second-order valence-electron chi connectivity index (χ2n) is 5.77. The molecule has 2 rings (SSSR count). The van der Waals surface area contributed by atoms with Gasteiger partial charge in [-0.05, 0) is 44.9 Å². The van der Waals surface area contributed by atoms with E-state index in [2.05, 4.69) is 6.92 Å². The van der Waals surface area contributed by atoms with E-state index in [1.165, 1.54) is 6.42 Å². The zero-order valence-corrected chi connectivity index (χ0v) is 12.2. The molecule has 1 aromatic heterocycles. The van der Waals surface area contributed by atoms with Gasteiger partial charge in [0.2, 0.25) is 5.91 Å². The van der Waals surface area contributed by atoms with E-state index in [0.717, 1.165) is 31.0 Å². The summed E-state index contributed by atoms with van der Waals surface area (Å²) in [4.78, 5) is 16.2. The van der Waals surface area contributed by atoms with Crippen molar-refractivity contribution >= 4 is 5.91 Å². The average molecular weight is 264 g/mol. The molecule has 19 heavy (non-hydrogen) atoms. The first-order valence-electron chi connectivity index (χ1n) is 7.06. The molecule has 4 heteroatoms. The average Bonchev–Trinajstić information content (AvgIpc) is 2.74. The Morgan fingerprint density at radius 2 is 2.32 bits per heavy atom. The standard InChI is InChI=1S/C15H24N2O2/c1-12-5-4-8-17(9-12)15(18)11-16(3)10-14-7-6-13(2)19-14/h6-7,12H,4-5,8-11H2,1-3H3. The van der Waals surface area contributed by atoms with Crippen molar-refractivity contribution in [3.05, 3.63) is 23.7 Å². The Morgan fingerprint density at radius 1 is 1.53 bits per heavy atom. The summed E-state index contributed by atoms with van der Waals surface area (Å²) in [6.07, 6.45) is 2.37. The predicted molar refractivity (Wildman–Crippen MR) is 74.8 cm³/mol. The highest BCUT2D eigenvalue weighted by atomic mass is 16.3. The molecule has 1 saturated heterocycles. The van der Waals surface area contributed by atoms with Crippen LogP contribution in [0.25, 0.3) is 0 Å². The van der Waals surface area contributed by atoms with Crippen LogP contribution in [0.15, 0.2) is 16.5 Å². The molecule has 1 fully saturated rings. The van der Waals surface area contributed by atoms with Crippen molar-refractivity contribution in [2.75, 3.05) is 26.7 Å². The molecule has 0 saturated carbocycles. The van der Waals surface area contributed by atoms with Gasteiger partial charge in [-0.2, -0.15) is 0 Å². The molecule has 0 N–H and O–H groups in total. The van der Waals surface area contributed by atoms with Crippen LogP contribution in [0.3, 0.4) is 0 Å². The number of aryl methyl sites for hydroxylation is 1. The van der Waals surface area contributed by atoms with Gasteiger partial charge in [0.15, 0.2) is 0 Å². The monoisotopic (exact) mass is 264 g/mol. The molecule has 0 aromatic carbocycles. The van der Waals surface area contributed by atoms with Gasteiger partial charge in [0.1, 0.15) is 11.5 Å². The molecule has 1 aliphatic heterocycles. The van der Waals surface area contributed by atoms with Gasteiger partial charge in [0, 0.05) is 13.1 Å². The summed E-state index contributed by atoms with van der Waals surface area (Å²) in [5.41, 5.74) is 0. The molecular formula is C15H24N2O2. The molecule has 0 radical (unpaired) electrons. The molecular weight excluding hydrogens is 240 g/mol. The third kappa shape index (κ3) is 4.10. The maximum atomic E-state index is 12.2. The number of hydrogen-bond acceptors (Lipinski definition) is 3. The van der Waals surface area contributed by atoms with Crippen LogP contribution in [-0.4, -0.2) is 42.4 Å². The van der Waals surface area contributed by atoms with E-state index in [4.69, 9.17) is 4.42 Å². The quantitative estimate of drug-likeness (QED) is 0.837. The van der Waals surface area contributed by atoms with Gasteiger partial charge in [-0.3, -0.25) is 9.69 Å². The molecule has 1 aliphatic rings. The van der Waals surface area contributed by atoms with Crippen molar-refractivity contribution in [2.24, 2.45) is 5.92 Å². The Morgan fingerprint density at radius 3 is 2.95 bits per heavy atom. The second kappa shape index (κ2) is 6.24. The number of carbonyl (C=O) groups is 1. The molecule has 0 bridgehead atoms. The molecule has 0 aliphatic carbocycles. The van der Waals surface area contributed by atoms with Crippen LogP contribution in [0, 0.1) is 12.8 Å². The molecule has 2 heterocycles. The van der Waals surface area contributed by atoms with Gasteiger partial charge in [-0.15, -0.1) is 0 Å². The molecule has 1 atom stereocenters. The van der Waals surface area contributed by atoms with E-state index in [1.807, 2.05) is 35.9 Å². The summed E-state index contributed by atoms with van der Waals surface area (Å²) in [7, 11) is 1.96. The third-order valence-corrected chi connectivity index (χ3v) is 3.64. The van der Waals surface area contributed by atoms with Crippen molar-refractivity contribution in [2.45, 2.75) is 33.2 Å². The predicted octanol–water partition coefficient (Wildman–Crippen LogP) is 2.28. The van der Waals surface area contributed by atoms with E-state index in [0.29, 0.717) is 19.0 Å². The topological polar surface area (TPSA) is 36.7 Å². The Labute approximate surface area is 115 Å². The van der Waals surface area contributed by atoms with Crippen LogP contribution in [0.1, 0.15) is 31.3 Å². The summed E-state index contributed by atoms with van der Waals surface area (Å²) >= 11 is 0. The number of hydrogen-bond donors (Lipinski definition) is 0. The Hall–Kier alpha value is -1.29. The number of likely N-dealkylation sites (N-methyl/N-ethyl adjacent to an activating group) is 1. The number of amides is 1. The van der Waals surface area contributed by atoms with E-state index < -0.39 is 0 Å². The first-order valence-corrected chi connectivity index (χ1v) is 7.06. The lowest BCUT2D eigenvalue weighted by Gasteiger charge is -2.32. The summed E-state index contributed by atoms with van der Waals surface area (Å²) in [6, 6.07) is 3.93. The highest BCUT2D eigenvalue weighted by Crippen LogP contribution is 2.16. The van der Waals surface area contributed by atoms with Gasteiger partial charge in [-0.25, -0.2) is 0 Å². The summed E-state index contributed by atoms with van der Waals surface area (Å²) in [5, 5.41) is 0. The van der Waals surface area contributed by atoms with Crippen LogP contribution < -0.4 is 0 Å². The van der Waals surface area contributed by atoms with Gasteiger partial charge in [0.25, 0.3) is 0 Å². The lowest BCUT2D eigenvalue weighted by molar-refractivity contribution is -0.133. The van der Waals surface area contributed by atoms with Gasteiger partial charge in [-0.1, -0.05) is 6.92 Å². The van der Waals surface area contributed by atoms with Crippen LogP contribution in [0.5, 0.6) is 0 Å². The Bertz CT molecular complexity index is 428. The first-order chi connectivity index (χ1) is 9.04. The summed E-state index contributed by atoms with van der Waals surface area (Å²) in [5.74, 6) is 2.70. The highest BCUT2D eigenvalue weighted by Gasteiger charge is 2.21. The largest absolute Gasteiger partial charge is 0.465 e. The summed E-state index contributed by atoms with van der Waals surface area (Å²) in [6.45, 7) is 7.12. The van der Waals surface area contributed by atoms with Crippen LogP contribution in [0.2, 0.25) is 0 Å². The lowest BCUT2D eigenvalue weighted by Crippen LogP contribution is -2.43. The highest BCUT2D eigenvalue weighted by molar-refractivity contribution is 5.78. The maximum absolute atomic E-state index is 12.2. The number of rotatable bonds is 4. The van der Waals surface area contributed by atoms with Crippen molar-refractivity contribution in [3.63, 3.8) is 0 Å². The fourth-order valence-electron chi connectivity index (χ4n) is 2.64. The van der Waals surface area contributed by atoms with Gasteiger partial charge in [0.05, 0.1) is 13.1 Å². The SMILES string of the molecule is Cc1ccc(CN(C)CC(=O)N2CCCC(C)C2)o1. The minimum atomic E-state index is 0.234. The number of nitrogens with zero attached hydrogens (tertiary/aromatic N) is 2. The number of piperidine rings is 1. The number of carbonyl (C=O) groups excluding carboxylic acids is 1. The zero-order chi connectivity index (χ0) is 13.8. The molecule has 106 valence electrons. The fraction of sp³-hybridized carbons (Fsp3) is 0.667. The third-order valence-electron chi connectivity index (χ3n) is 3.64. The van der Waals surface area contributed by atoms with Crippen molar-refractivity contribution in [1.29, 1.82) is 0 Å². The maximum Gasteiger partial charge on any atom is 0.236 e. The zero-order valence-electron chi connectivity index (χ0n) is 12.2. The van der Waals surface area contributed by atoms with Crippen LogP contribution >= 0.6 is 0 Å². The number of likely N-dealkylation sites (tertiary alicyclic amines) is 1. The summed E-state index contributed by atoms with van der Waals surface area (Å²) < 4.78 is 5.53. The second-order valence-corrected chi connectivity index (χ2v) is 5.77. The van der Waals surface area contributed by atoms with Gasteiger partial charge >= 0.3 is 0 Å². The minimum absolute atomic E-state index is 0.234. The molecule has 0 spiro atoms. The number of furan rings is 1. The normalized spacial score (nSPS) is 20.0. The van der Waals surface area contributed by atoms with Crippen molar-refractivity contribution < 1.29 is 9.21 Å². The minimum Gasteiger partial charge on any atom is -0.465 e. The Kier molecular flexibility index (Phi) is 4.64. The van der Waals surface area contributed by atoms with Crippen LogP contribution in [0.4, 0.5) is 0 Å². The van der Waals surface area contributed by atoms with Crippen LogP contribution in [-0.2, 0) is 11.3 Å². The van der Waals surface area contributed by atoms with E-state index in [9.17, 15) is 4.79 Å². The van der Waals surface area contributed by atoms with Crippen molar-refractivity contribution in [1.82, 2.24) is 9.80 Å². The first kappa shape index (κ1) is 14.1. The van der Waals surface area contributed by atoms with E-state index in [1.54, 1.807) is 0 Å². The van der Waals surface area contributed by atoms with E-state index in [-0.39, 0.29) is 5.91 Å². The molecule has 4 nitrogen and oxygen atoms in total.